The van der Waals surface area contributed by atoms with Crippen LogP contribution in [0.1, 0.15) is 50.8 Å². The van der Waals surface area contributed by atoms with Crippen molar-refractivity contribution < 1.29 is 27.5 Å². The SMILES string of the molecule is CC[C@H](C(=O)NC(C)(C)C)N(Cc1c(Cl)cccc1Cl)C(=O)CN(c1cc(C)cc(C)c1)S(=O)(=O)c1ccc(OC)c(OC)c1. The van der Waals surface area contributed by atoms with Crippen LogP contribution in [0.2, 0.25) is 10.0 Å². The number of amides is 2. The second kappa shape index (κ2) is 14.7. The van der Waals surface area contributed by atoms with E-state index in [0.29, 0.717) is 27.0 Å². The molecule has 0 saturated carbocycles. The van der Waals surface area contributed by atoms with Crippen LogP contribution in [-0.4, -0.2) is 57.5 Å². The van der Waals surface area contributed by atoms with Crippen LogP contribution in [-0.2, 0) is 26.2 Å². The molecule has 0 heterocycles. The molecule has 0 aliphatic carbocycles. The minimum atomic E-state index is -4.35. The Kier molecular flexibility index (Phi) is 11.8. The Labute approximate surface area is 276 Å². The van der Waals surface area contributed by atoms with Gasteiger partial charge in [0, 0.05) is 33.8 Å². The zero-order valence-corrected chi connectivity index (χ0v) is 29.2. The van der Waals surface area contributed by atoms with Crippen LogP contribution in [0.5, 0.6) is 11.5 Å². The Hall–Kier alpha value is -3.47. The van der Waals surface area contributed by atoms with Gasteiger partial charge in [0.2, 0.25) is 11.8 Å². The Balaban J connectivity index is 2.19. The van der Waals surface area contributed by atoms with E-state index in [4.69, 9.17) is 32.7 Å². The quantitative estimate of drug-likeness (QED) is 0.233. The van der Waals surface area contributed by atoms with Crippen molar-refractivity contribution in [2.24, 2.45) is 0 Å². The van der Waals surface area contributed by atoms with E-state index in [-0.39, 0.29) is 29.5 Å². The number of anilines is 1. The number of carbonyl (C=O) groups is 2. The second-order valence-corrected chi connectivity index (χ2v) is 14.4. The van der Waals surface area contributed by atoms with E-state index in [1.54, 1.807) is 37.3 Å². The zero-order valence-electron chi connectivity index (χ0n) is 26.9. The lowest BCUT2D eigenvalue weighted by atomic mass is 10.1. The van der Waals surface area contributed by atoms with E-state index in [9.17, 15) is 18.0 Å². The maximum absolute atomic E-state index is 14.4. The highest BCUT2D eigenvalue weighted by Crippen LogP contribution is 2.33. The first kappa shape index (κ1) is 36.0. The number of sulfonamides is 1. The molecule has 0 spiro atoms. The Morgan fingerprint density at radius 2 is 1.49 bits per heavy atom. The Morgan fingerprint density at radius 3 is 2.00 bits per heavy atom. The van der Waals surface area contributed by atoms with Gasteiger partial charge in [0.15, 0.2) is 11.5 Å². The maximum Gasteiger partial charge on any atom is 0.264 e. The number of carbonyl (C=O) groups excluding carboxylic acids is 2. The highest BCUT2D eigenvalue weighted by molar-refractivity contribution is 7.92. The van der Waals surface area contributed by atoms with Crippen molar-refractivity contribution in [3.63, 3.8) is 0 Å². The molecule has 0 saturated heterocycles. The largest absolute Gasteiger partial charge is 0.493 e. The summed E-state index contributed by atoms with van der Waals surface area (Å²) in [5, 5.41) is 3.57. The number of methoxy groups -OCH3 is 2. The summed E-state index contributed by atoms with van der Waals surface area (Å²) in [6, 6.07) is 13.5. The van der Waals surface area contributed by atoms with E-state index in [1.165, 1.54) is 37.3 Å². The van der Waals surface area contributed by atoms with Crippen molar-refractivity contribution in [1.29, 1.82) is 0 Å². The number of rotatable bonds is 12. The average molecular weight is 679 g/mol. The molecule has 244 valence electrons. The fourth-order valence-electron chi connectivity index (χ4n) is 4.95. The summed E-state index contributed by atoms with van der Waals surface area (Å²) in [6.07, 6.45) is 0.252. The molecule has 2 amide bonds. The number of hydrogen-bond acceptors (Lipinski definition) is 6. The third-order valence-electron chi connectivity index (χ3n) is 6.99. The highest BCUT2D eigenvalue weighted by Gasteiger charge is 2.35. The molecular formula is C33H41Cl2N3O6S. The van der Waals surface area contributed by atoms with Crippen LogP contribution in [0.4, 0.5) is 5.69 Å². The summed E-state index contributed by atoms with van der Waals surface area (Å²) in [5.41, 5.74) is 1.76. The third-order valence-corrected chi connectivity index (χ3v) is 9.47. The minimum absolute atomic E-state index is 0.106. The van der Waals surface area contributed by atoms with Gasteiger partial charge in [-0.3, -0.25) is 13.9 Å². The molecule has 45 heavy (non-hydrogen) atoms. The monoisotopic (exact) mass is 677 g/mol. The van der Waals surface area contributed by atoms with Crippen LogP contribution in [0, 0.1) is 13.8 Å². The highest BCUT2D eigenvalue weighted by atomic mass is 35.5. The van der Waals surface area contributed by atoms with Gasteiger partial charge < -0.3 is 19.7 Å². The maximum atomic E-state index is 14.4. The molecule has 0 aliphatic heterocycles. The lowest BCUT2D eigenvalue weighted by Crippen LogP contribution is -2.55. The van der Waals surface area contributed by atoms with Crippen LogP contribution in [0.3, 0.4) is 0 Å². The molecule has 1 atom stereocenters. The number of halogens is 2. The molecule has 3 aromatic rings. The van der Waals surface area contributed by atoms with Crippen molar-refractivity contribution in [2.75, 3.05) is 25.1 Å². The van der Waals surface area contributed by atoms with Crippen molar-refractivity contribution in [3.05, 3.63) is 81.3 Å². The van der Waals surface area contributed by atoms with Crippen LogP contribution in [0.15, 0.2) is 59.5 Å². The molecule has 0 unspecified atom stereocenters. The van der Waals surface area contributed by atoms with Crippen molar-refractivity contribution in [2.45, 2.75) is 71.0 Å². The van der Waals surface area contributed by atoms with Gasteiger partial charge in [0.05, 0.1) is 24.8 Å². The minimum Gasteiger partial charge on any atom is -0.493 e. The van der Waals surface area contributed by atoms with Gasteiger partial charge in [-0.1, -0.05) is 42.3 Å². The van der Waals surface area contributed by atoms with Crippen LogP contribution >= 0.6 is 23.2 Å². The predicted octanol–water partition coefficient (Wildman–Crippen LogP) is 6.54. The molecule has 3 aromatic carbocycles. The van der Waals surface area contributed by atoms with Crippen LogP contribution < -0.4 is 19.1 Å². The lowest BCUT2D eigenvalue weighted by molar-refractivity contribution is -0.141. The number of nitrogens with zero attached hydrogens (tertiary/aromatic N) is 2. The van der Waals surface area contributed by atoms with Gasteiger partial charge in [0.1, 0.15) is 12.6 Å². The van der Waals surface area contributed by atoms with E-state index < -0.39 is 34.1 Å². The van der Waals surface area contributed by atoms with E-state index in [1.807, 2.05) is 40.7 Å². The zero-order chi connectivity index (χ0) is 33.7. The number of aryl methyl sites for hydroxylation is 2. The lowest BCUT2D eigenvalue weighted by Gasteiger charge is -2.35. The van der Waals surface area contributed by atoms with E-state index in [2.05, 4.69) is 5.32 Å². The number of benzene rings is 3. The summed E-state index contributed by atoms with van der Waals surface area (Å²) in [7, 11) is -1.49. The van der Waals surface area contributed by atoms with E-state index >= 15 is 0 Å². The number of ether oxygens (including phenoxy) is 2. The summed E-state index contributed by atoms with van der Waals surface area (Å²) in [4.78, 5) is 29.2. The number of nitrogens with one attached hydrogen (secondary N) is 1. The molecule has 0 aliphatic rings. The molecule has 1 N–H and O–H groups in total. The molecular weight excluding hydrogens is 637 g/mol. The van der Waals surface area contributed by atoms with Crippen molar-refractivity contribution in [3.8, 4) is 11.5 Å². The first-order chi connectivity index (χ1) is 21.0. The van der Waals surface area contributed by atoms with Gasteiger partial charge >= 0.3 is 0 Å². The van der Waals surface area contributed by atoms with Crippen LogP contribution in [0.25, 0.3) is 0 Å². The number of hydrogen-bond donors (Lipinski definition) is 1. The first-order valence-corrected chi connectivity index (χ1v) is 16.6. The fraction of sp³-hybridized carbons (Fsp3) is 0.394. The molecule has 3 rings (SSSR count). The predicted molar refractivity (Wildman–Crippen MR) is 179 cm³/mol. The molecule has 0 fully saturated rings. The topological polar surface area (TPSA) is 105 Å². The van der Waals surface area contributed by atoms with Gasteiger partial charge in [-0.15, -0.1) is 0 Å². The Bertz CT molecular complexity index is 1620. The summed E-state index contributed by atoms with van der Waals surface area (Å²) in [6.45, 7) is 10.3. The average Bonchev–Trinajstić information content (AvgIpc) is 2.95. The standard InChI is InChI=1S/C33H41Cl2N3O6S/c1-9-28(32(40)36-33(4,5)6)37(19-25-26(34)11-10-12-27(25)35)31(39)20-38(23-16-21(2)15-22(3)17-23)45(41,42)24-13-14-29(43-7)30(18-24)44-8/h10-18,28H,9,19-20H2,1-8H3,(H,36,40)/t28-/m1/s1. The van der Waals surface area contributed by atoms with Gasteiger partial charge in [0.25, 0.3) is 10.0 Å². The molecule has 12 heteroatoms. The molecule has 9 nitrogen and oxygen atoms in total. The van der Waals surface area contributed by atoms with Gasteiger partial charge in [-0.05, 0) is 88.6 Å². The molecule has 0 bridgehead atoms. The van der Waals surface area contributed by atoms with Gasteiger partial charge in [-0.25, -0.2) is 8.42 Å². The summed E-state index contributed by atoms with van der Waals surface area (Å²) >= 11 is 13.0. The first-order valence-electron chi connectivity index (χ1n) is 14.4. The van der Waals surface area contributed by atoms with Crippen molar-refractivity contribution >= 4 is 50.7 Å². The normalized spacial score (nSPS) is 12.3. The molecule has 0 aromatic heterocycles. The molecule has 0 radical (unpaired) electrons. The Morgan fingerprint density at radius 1 is 0.911 bits per heavy atom. The summed E-state index contributed by atoms with van der Waals surface area (Å²) in [5.74, 6) is -0.443. The second-order valence-electron chi connectivity index (χ2n) is 11.8. The third kappa shape index (κ3) is 8.83. The van der Waals surface area contributed by atoms with Gasteiger partial charge in [-0.2, -0.15) is 0 Å². The summed E-state index contributed by atoms with van der Waals surface area (Å²) < 4.78 is 40.4. The smallest absolute Gasteiger partial charge is 0.264 e. The fourth-order valence-corrected chi connectivity index (χ4v) is 6.88. The van der Waals surface area contributed by atoms with E-state index in [0.717, 1.165) is 15.4 Å². The van der Waals surface area contributed by atoms with Crippen molar-refractivity contribution in [1.82, 2.24) is 10.2 Å².